The fourth-order valence-electron chi connectivity index (χ4n) is 2.89. The van der Waals surface area contributed by atoms with Gasteiger partial charge < -0.3 is 16.4 Å². The van der Waals surface area contributed by atoms with Crippen LogP contribution in [0.25, 0.3) is 0 Å². The minimum atomic E-state index is -0.192. The number of hydrogen-bond acceptors (Lipinski definition) is 3. The van der Waals surface area contributed by atoms with Crippen LogP contribution >= 0.6 is 11.6 Å². The molecule has 24 heavy (non-hydrogen) atoms. The van der Waals surface area contributed by atoms with Gasteiger partial charge in [0.2, 0.25) is 0 Å². The van der Waals surface area contributed by atoms with Crippen LogP contribution in [0.15, 0.2) is 29.3 Å². The lowest BCUT2D eigenvalue weighted by molar-refractivity contribution is 0.0954. The van der Waals surface area contributed by atoms with Gasteiger partial charge in [-0.3, -0.25) is 14.7 Å². The quantitative estimate of drug-likeness (QED) is 0.394. The maximum Gasteiger partial charge on any atom is 0.252 e. The van der Waals surface area contributed by atoms with E-state index in [1.54, 1.807) is 24.3 Å². The number of likely N-dealkylation sites (N-methyl/N-ethyl adjacent to an activating group) is 1. The molecule has 4 N–H and O–H groups in total. The summed E-state index contributed by atoms with van der Waals surface area (Å²) in [6.45, 7) is 6.07. The number of guanidine groups is 1. The first-order chi connectivity index (χ1) is 11.6. The monoisotopic (exact) mass is 351 g/mol. The van der Waals surface area contributed by atoms with E-state index < -0.39 is 0 Å². The highest BCUT2D eigenvalue weighted by Gasteiger charge is 2.22. The van der Waals surface area contributed by atoms with E-state index in [1.165, 1.54) is 12.8 Å². The van der Waals surface area contributed by atoms with Gasteiger partial charge in [-0.15, -0.1) is 0 Å². The predicted octanol–water partition coefficient (Wildman–Crippen LogP) is 1.46. The highest BCUT2D eigenvalue weighted by atomic mass is 35.5. The van der Waals surface area contributed by atoms with Gasteiger partial charge >= 0.3 is 0 Å². The lowest BCUT2D eigenvalue weighted by Gasteiger charge is -2.20. The summed E-state index contributed by atoms with van der Waals surface area (Å²) < 4.78 is 0. The second-order valence-electron chi connectivity index (χ2n) is 5.81. The van der Waals surface area contributed by atoms with Crippen LogP contribution in [-0.2, 0) is 0 Å². The molecule has 1 aliphatic heterocycles. The van der Waals surface area contributed by atoms with Crippen LogP contribution in [0.5, 0.6) is 0 Å². The van der Waals surface area contributed by atoms with Crippen molar-refractivity contribution in [1.82, 2.24) is 15.5 Å². The van der Waals surface area contributed by atoms with Crippen molar-refractivity contribution in [2.75, 3.05) is 32.7 Å². The Kier molecular flexibility index (Phi) is 7.34. The zero-order valence-corrected chi connectivity index (χ0v) is 14.9. The minimum absolute atomic E-state index is 0.192. The first kappa shape index (κ1) is 18.5. The van der Waals surface area contributed by atoms with Gasteiger partial charge in [0, 0.05) is 19.1 Å². The SMILES string of the molecule is CCN1CCCC1CN=C(N)NCCNC(=O)c1ccccc1Cl. The van der Waals surface area contributed by atoms with Crippen LogP contribution < -0.4 is 16.4 Å². The number of likely N-dealkylation sites (tertiary alicyclic amines) is 1. The van der Waals surface area contributed by atoms with Gasteiger partial charge in [0.05, 0.1) is 17.1 Å². The molecule has 1 aliphatic rings. The molecule has 0 aliphatic carbocycles. The van der Waals surface area contributed by atoms with Gasteiger partial charge in [-0.2, -0.15) is 0 Å². The molecule has 1 amide bonds. The van der Waals surface area contributed by atoms with Crippen molar-refractivity contribution in [2.45, 2.75) is 25.8 Å². The Labute approximate surface area is 148 Å². The van der Waals surface area contributed by atoms with Crippen molar-refractivity contribution in [3.05, 3.63) is 34.9 Å². The van der Waals surface area contributed by atoms with E-state index in [9.17, 15) is 4.79 Å². The molecule has 1 aromatic rings. The topological polar surface area (TPSA) is 82.8 Å². The summed E-state index contributed by atoms with van der Waals surface area (Å²) in [5.41, 5.74) is 6.35. The van der Waals surface area contributed by atoms with Gasteiger partial charge in [-0.25, -0.2) is 0 Å². The number of nitrogens with one attached hydrogen (secondary N) is 2. The molecule has 0 spiro atoms. The van der Waals surface area contributed by atoms with Gasteiger partial charge in [-0.05, 0) is 38.1 Å². The minimum Gasteiger partial charge on any atom is -0.370 e. The summed E-state index contributed by atoms with van der Waals surface area (Å²) in [6.07, 6.45) is 2.41. The molecule has 1 unspecified atom stereocenters. The number of nitrogens with two attached hydrogens (primary N) is 1. The van der Waals surface area contributed by atoms with Crippen molar-refractivity contribution in [3.63, 3.8) is 0 Å². The summed E-state index contributed by atoms with van der Waals surface area (Å²) in [4.78, 5) is 18.8. The summed E-state index contributed by atoms with van der Waals surface area (Å²) in [5.74, 6) is 0.229. The van der Waals surface area contributed by atoms with Gasteiger partial charge in [-0.1, -0.05) is 30.7 Å². The number of nitrogens with zero attached hydrogens (tertiary/aromatic N) is 2. The largest absolute Gasteiger partial charge is 0.370 e. The molecule has 7 heteroatoms. The second kappa shape index (κ2) is 9.49. The molecule has 1 aromatic carbocycles. The molecular weight excluding hydrogens is 326 g/mol. The molecular formula is C17H26ClN5O. The van der Waals surface area contributed by atoms with Crippen molar-refractivity contribution in [3.8, 4) is 0 Å². The Morgan fingerprint density at radius 2 is 2.12 bits per heavy atom. The van der Waals surface area contributed by atoms with E-state index in [1.807, 2.05) is 0 Å². The van der Waals surface area contributed by atoms with Gasteiger partial charge in [0.25, 0.3) is 5.91 Å². The number of halogens is 1. The Bertz CT molecular complexity index is 578. The third-order valence-corrected chi connectivity index (χ3v) is 4.54. The number of hydrogen-bond donors (Lipinski definition) is 3. The highest BCUT2D eigenvalue weighted by molar-refractivity contribution is 6.33. The average Bonchev–Trinajstić information content (AvgIpc) is 3.04. The molecule has 0 saturated carbocycles. The maximum absolute atomic E-state index is 12.0. The molecule has 0 aromatic heterocycles. The third kappa shape index (κ3) is 5.39. The third-order valence-electron chi connectivity index (χ3n) is 4.21. The number of carbonyl (C=O) groups excluding carboxylic acids is 1. The Morgan fingerprint density at radius 1 is 1.38 bits per heavy atom. The van der Waals surface area contributed by atoms with Crippen molar-refractivity contribution < 1.29 is 4.79 Å². The Balaban J connectivity index is 1.67. The van der Waals surface area contributed by atoms with E-state index in [4.69, 9.17) is 17.3 Å². The Morgan fingerprint density at radius 3 is 2.88 bits per heavy atom. The number of amides is 1. The number of rotatable bonds is 7. The highest BCUT2D eigenvalue weighted by Crippen LogP contribution is 2.16. The molecule has 2 rings (SSSR count). The first-order valence-corrected chi connectivity index (χ1v) is 8.80. The van der Waals surface area contributed by atoms with E-state index in [0.29, 0.717) is 35.7 Å². The zero-order chi connectivity index (χ0) is 17.4. The van der Waals surface area contributed by atoms with E-state index >= 15 is 0 Å². The van der Waals surface area contributed by atoms with Crippen molar-refractivity contribution in [1.29, 1.82) is 0 Å². The smallest absolute Gasteiger partial charge is 0.252 e. The second-order valence-corrected chi connectivity index (χ2v) is 6.22. The number of carbonyl (C=O) groups is 1. The standard InChI is InChI=1S/C17H26ClN5O/c1-2-23-11-5-6-13(23)12-22-17(19)21-10-9-20-16(24)14-7-3-4-8-15(14)18/h3-4,7-8,13H,2,5-6,9-12H2,1H3,(H,20,24)(H3,19,21,22). The van der Waals surface area contributed by atoms with E-state index in [2.05, 4.69) is 27.4 Å². The lowest BCUT2D eigenvalue weighted by atomic mass is 10.2. The molecule has 6 nitrogen and oxygen atoms in total. The van der Waals surface area contributed by atoms with E-state index in [0.717, 1.165) is 19.6 Å². The van der Waals surface area contributed by atoms with Crippen LogP contribution in [0.3, 0.4) is 0 Å². The van der Waals surface area contributed by atoms with Gasteiger partial charge in [0.15, 0.2) is 5.96 Å². The molecule has 1 saturated heterocycles. The number of benzene rings is 1. The normalized spacial score (nSPS) is 18.6. The molecule has 1 atom stereocenters. The van der Waals surface area contributed by atoms with E-state index in [-0.39, 0.29) is 5.91 Å². The van der Waals surface area contributed by atoms with Gasteiger partial charge in [0.1, 0.15) is 0 Å². The summed E-state index contributed by atoms with van der Waals surface area (Å²) >= 11 is 5.99. The maximum atomic E-state index is 12.0. The lowest BCUT2D eigenvalue weighted by Crippen LogP contribution is -2.39. The van der Waals surface area contributed by atoms with Crippen LogP contribution in [0.1, 0.15) is 30.1 Å². The molecule has 0 bridgehead atoms. The predicted molar refractivity (Wildman–Crippen MR) is 98.5 cm³/mol. The van der Waals surface area contributed by atoms with Crippen LogP contribution in [0, 0.1) is 0 Å². The van der Waals surface area contributed by atoms with Crippen LogP contribution in [-0.4, -0.2) is 55.5 Å². The molecule has 1 heterocycles. The first-order valence-electron chi connectivity index (χ1n) is 8.42. The molecule has 132 valence electrons. The fraction of sp³-hybridized carbons (Fsp3) is 0.529. The average molecular weight is 352 g/mol. The van der Waals surface area contributed by atoms with Crippen molar-refractivity contribution >= 4 is 23.5 Å². The number of aliphatic imine (C=N–C) groups is 1. The zero-order valence-electron chi connectivity index (χ0n) is 14.1. The summed E-state index contributed by atoms with van der Waals surface area (Å²) in [7, 11) is 0. The Hall–Kier alpha value is -1.79. The summed E-state index contributed by atoms with van der Waals surface area (Å²) in [6, 6.07) is 7.47. The van der Waals surface area contributed by atoms with Crippen LogP contribution in [0.2, 0.25) is 5.02 Å². The molecule has 0 radical (unpaired) electrons. The van der Waals surface area contributed by atoms with Crippen LogP contribution in [0.4, 0.5) is 0 Å². The van der Waals surface area contributed by atoms with Crippen molar-refractivity contribution in [2.24, 2.45) is 10.7 Å². The molecule has 1 fully saturated rings. The summed E-state index contributed by atoms with van der Waals surface area (Å²) in [5, 5.41) is 6.27. The fourth-order valence-corrected chi connectivity index (χ4v) is 3.11.